The minimum Gasteiger partial charge on any atom is -0.337 e. The number of carbonyl (C=O) groups excluding carboxylic acids is 1. The molecule has 27 heavy (non-hydrogen) atoms. The van der Waals surface area contributed by atoms with E-state index in [1.807, 2.05) is 53.8 Å². The summed E-state index contributed by atoms with van der Waals surface area (Å²) in [7, 11) is 0. The Hall–Kier alpha value is -2.93. The summed E-state index contributed by atoms with van der Waals surface area (Å²) in [6.07, 6.45) is 13.3. The van der Waals surface area contributed by atoms with Crippen LogP contribution in [-0.2, 0) is 11.3 Å². The lowest BCUT2D eigenvalue weighted by Crippen LogP contribution is -2.41. The molecule has 140 valence electrons. The number of imidazole rings is 2. The van der Waals surface area contributed by atoms with E-state index in [9.17, 15) is 4.79 Å². The number of piperidine rings is 1. The van der Waals surface area contributed by atoms with Crippen LogP contribution in [0.2, 0.25) is 0 Å². The van der Waals surface area contributed by atoms with Crippen molar-refractivity contribution in [2.75, 3.05) is 25.0 Å². The maximum Gasteiger partial charge on any atom is 0.238 e. The topological polar surface area (TPSA) is 68.0 Å². The molecule has 0 radical (unpaired) electrons. The molecule has 0 saturated carbocycles. The molecule has 1 saturated heterocycles. The summed E-state index contributed by atoms with van der Waals surface area (Å²) in [4.78, 5) is 23.1. The summed E-state index contributed by atoms with van der Waals surface area (Å²) < 4.78 is 4.02. The van der Waals surface area contributed by atoms with E-state index in [-0.39, 0.29) is 5.91 Å². The molecule has 0 bridgehead atoms. The van der Waals surface area contributed by atoms with Crippen molar-refractivity contribution >= 4 is 11.6 Å². The molecule has 1 aliphatic heterocycles. The highest BCUT2D eigenvalue weighted by atomic mass is 16.2. The maximum absolute atomic E-state index is 12.6. The summed E-state index contributed by atoms with van der Waals surface area (Å²) in [5, 5.41) is 3.06. The van der Waals surface area contributed by atoms with Crippen molar-refractivity contribution in [3.63, 3.8) is 0 Å². The van der Waals surface area contributed by atoms with Gasteiger partial charge >= 0.3 is 0 Å². The quantitative estimate of drug-likeness (QED) is 0.729. The fraction of sp³-hybridized carbons (Fsp3) is 0.350. The van der Waals surface area contributed by atoms with Gasteiger partial charge in [0.15, 0.2) is 0 Å². The molecule has 1 atom stereocenters. The normalized spacial score (nSPS) is 17.7. The predicted octanol–water partition coefficient (Wildman–Crippen LogP) is 2.42. The van der Waals surface area contributed by atoms with Gasteiger partial charge in [-0.3, -0.25) is 9.69 Å². The smallest absolute Gasteiger partial charge is 0.238 e. The van der Waals surface area contributed by atoms with Gasteiger partial charge in [-0.1, -0.05) is 12.1 Å². The molecule has 1 N–H and O–H groups in total. The first-order chi connectivity index (χ1) is 13.3. The second-order valence-electron chi connectivity index (χ2n) is 7.04. The van der Waals surface area contributed by atoms with Gasteiger partial charge in [-0.2, -0.15) is 0 Å². The van der Waals surface area contributed by atoms with Crippen molar-refractivity contribution in [2.24, 2.45) is 5.92 Å². The van der Waals surface area contributed by atoms with Crippen molar-refractivity contribution < 1.29 is 4.79 Å². The number of nitrogens with one attached hydrogen (secondary N) is 1. The van der Waals surface area contributed by atoms with Crippen LogP contribution in [0, 0.1) is 5.92 Å². The molecular formula is C20H24N6O. The Labute approximate surface area is 158 Å². The largest absolute Gasteiger partial charge is 0.337 e. The second kappa shape index (κ2) is 8.18. The van der Waals surface area contributed by atoms with Crippen LogP contribution < -0.4 is 5.32 Å². The summed E-state index contributed by atoms with van der Waals surface area (Å²) in [5.41, 5.74) is 1.72. The Morgan fingerprint density at radius 3 is 2.81 bits per heavy atom. The van der Waals surface area contributed by atoms with Gasteiger partial charge in [-0.05, 0) is 37.4 Å². The monoisotopic (exact) mass is 364 g/mol. The average molecular weight is 364 g/mol. The number of nitrogens with zero attached hydrogens (tertiary/aromatic N) is 5. The lowest BCUT2D eigenvalue weighted by Gasteiger charge is -2.32. The molecule has 1 fully saturated rings. The minimum atomic E-state index is 0.0193. The van der Waals surface area contributed by atoms with Gasteiger partial charge in [-0.25, -0.2) is 9.97 Å². The molecule has 3 aromatic rings. The molecular weight excluding hydrogens is 340 g/mol. The number of amides is 1. The van der Waals surface area contributed by atoms with E-state index in [2.05, 4.69) is 24.8 Å². The first-order valence-corrected chi connectivity index (χ1v) is 9.33. The molecule has 1 unspecified atom stereocenters. The van der Waals surface area contributed by atoms with Crippen molar-refractivity contribution in [3.8, 4) is 5.69 Å². The minimum absolute atomic E-state index is 0.0193. The zero-order chi connectivity index (χ0) is 18.5. The fourth-order valence-corrected chi connectivity index (χ4v) is 3.74. The van der Waals surface area contributed by atoms with Gasteiger partial charge < -0.3 is 14.5 Å². The van der Waals surface area contributed by atoms with E-state index in [4.69, 9.17) is 0 Å². The van der Waals surface area contributed by atoms with Crippen LogP contribution in [0.1, 0.15) is 12.8 Å². The fourth-order valence-electron chi connectivity index (χ4n) is 3.74. The third kappa shape index (κ3) is 4.43. The van der Waals surface area contributed by atoms with Gasteiger partial charge in [0.05, 0.1) is 30.6 Å². The molecule has 1 amide bonds. The van der Waals surface area contributed by atoms with Crippen molar-refractivity contribution in [2.45, 2.75) is 19.4 Å². The van der Waals surface area contributed by atoms with E-state index in [1.54, 1.807) is 12.5 Å². The van der Waals surface area contributed by atoms with Crippen LogP contribution in [0.15, 0.2) is 61.7 Å². The number of para-hydroxylation sites is 2. The molecule has 1 aromatic carbocycles. The Morgan fingerprint density at radius 1 is 1.15 bits per heavy atom. The summed E-state index contributed by atoms with van der Waals surface area (Å²) in [6, 6.07) is 7.78. The molecule has 7 heteroatoms. The van der Waals surface area contributed by atoms with E-state index in [1.165, 1.54) is 6.42 Å². The van der Waals surface area contributed by atoms with Crippen molar-refractivity contribution in [3.05, 3.63) is 61.7 Å². The third-order valence-electron chi connectivity index (χ3n) is 4.96. The number of hydrogen-bond donors (Lipinski definition) is 1. The number of carbonyl (C=O) groups is 1. The van der Waals surface area contributed by atoms with Gasteiger partial charge in [-0.15, -0.1) is 0 Å². The van der Waals surface area contributed by atoms with E-state index < -0.39 is 0 Å². The molecule has 0 spiro atoms. The summed E-state index contributed by atoms with van der Waals surface area (Å²) >= 11 is 0. The predicted molar refractivity (Wildman–Crippen MR) is 104 cm³/mol. The first kappa shape index (κ1) is 17.5. The second-order valence-corrected chi connectivity index (χ2v) is 7.04. The standard InChI is InChI=1S/C20H24N6O/c27-20(23-18-5-1-2-6-19(18)26-11-8-22-16-26)14-24-9-3-4-17(12-24)13-25-10-7-21-15-25/h1-2,5-8,10-11,15-17H,3-4,9,12-14H2,(H,23,27). The average Bonchev–Trinajstić information content (AvgIpc) is 3.36. The number of aromatic nitrogens is 4. The lowest BCUT2D eigenvalue weighted by atomic mass is 9.98. The highest BCUT2D eigenvalue weighted by molar-refractivity contribution is 5.94. The summed E-state index contributed by atoms with van der Waals surface area (Å²) in [5.74, 6) is 0.574. The number of benzene rings is 1. The van der Waals surface area contributed by atoms with E-state index in [0.717, 1.165) is 37.4 Å². The van der Waals surface area contributed by atoms with Crippen molar-refractivity contribution in [1.82, 2.24) is 24.0 Å². The van der Waals surface area contributed by atoms with E-state index in [0.29, 0.717) is 12.5 Å². The zero-order valence-electron chi connectivity index (χ0n) is 15.2. The number of rotatable bonds is 6. The highest BCUT2D eigenvalue weighted by Gasteiger charge is 2.22. The number of likely N-dealkylation sites (tertiary alicyclic amines) is 1. The lowest BCUT2D eigenvalue weighted by molar-refractivity contribution is -0.117. The molecule has 4 rings (SSSR count). The van der Waals surface area contributed by atoms with Crippen LogP contribution in [0.5, 0.6) is 0 Å². The van der Waals surface area contributed by atoms with Gasteiger partial charge in [0.1, 0.15) is 0 Å². The summed E-state index contributed by atoms with van der Waals surface area (Å²) in [6.45, 7) is 3.28. The Morgan fingerprint density at radius 2 is 2.00 bits per heavy atom. The van der Waals surface area contributed by atoms with Crippen molar-refractivity contribution in [1.29, 1.82) is 0 Å². The molecule has 0 aliphatic carbocycles. The molecule has 2 aromatic heterocycles. The van der Waals surface area contributed by atoms with Crippen LogP contribution in [0.25, 0.3) is 5.69 Å². The highest BCUT2D eigenvalue weighted by Crippen LogP contribution is 2.21. The van der Waals surface area contributed by atoms with Crippen LogP contribution >= 0.6 is 0 Å². The third-order valence-corrected chi connectivity index (χ3v) is 4.96. The van der Waals surface area contributed by atoms with Crippen LogP contribution in [0.4, 0.5) is 5.69 Å². The van der Waals surface area contributed by atoms with E-state index >= 15 is 0 Å². The van der Waals surface area contributed by atoms with Gasteiger partial charge in [0, 0.05) is 37.9 Å². The Bertz CT molecular complexity index is 859. The zero-order valence-corrected chi connectivity index (χ0v) is 15.2. The van der Waals surface area contributed by atoms with Crippen LogP contribution in [-0.4, -0.2) is 49.5 Å². The maximum atomic E-state index is 12.6. The number of hydrogen-bond acceptors (Lipinski definition) is 4. The van der Waals surface area contributed by atoms with Crippen LogP contribution in [0.3, 0.4) is 0 Å². The Kier molecular flexibility index (Phi) is 5.29. The first-order valence-electron chi connectivity index (χ1n) is 9.33. The Balaban J connectivity index is 1.36. The van der Waals surface area contributed by atoms with Gasteiger partial charge in [0.25, 0.3) is 0 Å². The number of anilines is 1. The SMILES string of the molecule is O=C(CN1CCCC(Cn2ccnc2)C1)Nc1ccccc1-n1ccnc1. The molecule has 3 heterocycles. The molecule has 1 aliphatic rings. The molecule has 7 nitrogen and oxygen atoms in total. The van der Waals surface area contributed by atoms with Gasteiger partial charge in [0.2, 0.25) is 5.91 Å².